The van der Waals surface area contributed by atoms with Gasteiger partial charge in [-0.25, -0.2) is 4.99 Å². The van der Waals surface area contributed by atoms with Crippen molar-refractivity contribution in [2.24, 2.45) is 39.0 Å². The first-order valence-electron chi connectivity index (χ1n) is 8.20. The first kappa shape index (κ1) is 17.3. The van der Waals surface area contributed by atoms with Crippen molar-refractivity contribution < 1.29 is 0 Å². The van der Waals surface area contributed by atoms with E-state index in [-0.39, 0.29) is 5.96 Å². The quantitative estimate of drug-likeness (QED) is 0.579. The van der Waals surface area contributed by atoms with Crippen molar-refractivity contribution >= 4 is 17.6 Å². The number of hydrogen-bond acceptors (Lipinski definition) is 2. The van der Waals surface area contributed by atoms with Gasteiger partial charge in [0.25, 0.3) is 0 Å². The van der Waals surface area contributed by atoms with Gasteiger partial charge in [0.2, 0.25) is 5.96 Å². The third kappa shape index (κ3) is 5.25. The minimum atomic E-state index is 0.181. The van der Waals surface area contributed by atoms with Crippen LogP contribution in [0.5, 0.6) is 0 Å². The number of aliphatic imine (C=N–C) groups is 2. The van der Waals surface area contributed by atoms with Gasteiger partial charge in [-0.1, -0.05) is 26.0 Å². The van der Waals surface area contributed by atoms with Gasteiger partial charge in [0.15, 0.2) is 5.96 Å². The molecule has 1 aromatic carbocycles. The van der Waals surface area contributed by atoms with Crippen LogP contribution in [0.1, 0.15) is 25.8 Å². The Morgan fingerprint density at radius 2 is 1.74 bits per heavy atom. The third-order valence-electron chi connectivity index (χ3n) is 4.03. The summed E-state index contributed by atoms with van der Waals surface area (Å²) in [5, 5.41) is 0. The SMILES string of the molecule is CC1CC(C)CN(/C(N)=N/C(N)=Nc2ccc(CCN)cc2)C1. The predicted molar refractivity (Wildman–Crippen MR) is 96.6 cm³/mol. The van der Waals surface area contributed by atoms with Crippen LogP contribution in [0.3, 0.4) is 0 Å². The topological polar surface area (TPSA) is 106 Å². The minimum absolute atomic E-state index is 0.181. The van der Waals surface area contributed by atoms with Crippen molar-refractivity contribution in [3.05, 3.63) is 29.8 Å². The van der Waals surface area contributed by atoms with Crippen molar-refractivity contribution in [1.82, 2.24) is 4.90 Å². The van der Waals surface area contributed by atoms with E-state index in [1.807, 2.05) is 24.3 Å². The maximum atomic E-state index is 6.09. The molecule has 0 spiro atoms. The van der Waals surface area contributed by atoms with Gasteiger partial charge in [0, 0.05) is 13.1 Å². The van der Waals surface area contributed by atoms with Crippen LogP contribution in [-0.2, 0) is 6.42 Å². The Balaban J connectivity index is 2.04. The summed E-state index contributed by atoms with van der Waals surface area (Å²) in [5.41, 5.74) is 19.5. The van der Waals surface area contributed by atoms with E-state index in [0.29, 0.717) is 24.3 Å². The van der Waals surface area contributed by atoms with Crippen molar-refractivity contribution in [3.8, 4) is 0 Å². The number of rotatable bonds is 3. The first-order chi connectivity index (χ1) is 11.0. The molecule has 126 valence electrons. The Kier molecular flexibility index (Phi) is 5.98. The average Bonchev–Trinajstić information content (AvgIpc) is 2.48. The molecular weight excluding hydrogens is 288 g/mol. The number of benzene rings is 1. The molecule has 0 radical (unpaired) electrons. The molecule has 1 saturated heterocycles. The van der Waals surface area contributed by atoms with Crippen molar-refractivity contribution in [2.45, 2.75) is 26.7 Å². The van der Waals surface area contributed by atoms with E-state index >= 15 is 0 Å². The molecule has 0 aromatic heterocycles. The first-order valence-corrected chi connectivity index (χ1v) is 8.20. The third-order valence-corrected chi connectivity index (χ3v) is 4.03. The molecule has 1 fully saturated rings. The van der Waals surface area contributed by atoms with Crippen molar-refractivity contribution in [2.75, 3.05) is 19.6 Å². The van der Waals surface area contributed by atoms with Crippen LogP contribution in [-0.4, -0.2) is 36.5 Å². The molecule has 1 heterocycles. The van der Waals surface area contributed by atoms with E-state index in [4.69, 9.17) is 17.2 Å². The van der Waals surface area contributed by atoms with Gasteiger partial charge >= 0.3 is 0 Å². The highest BCUT2D eigenvalue weighted by molar-refractivity contribution is 5.94. The van der Waals surface area contributed by atoms with Crippen LogP contribution >= 0.6 is 0 Å². The number of nitrogens with two attached hydrogens (primary N) is 3. The summed E-state index contributed by atoms with van der Waals surface area (Å²) < 4.78 is 0. The Labute approximate surface area is 138 Å². The lowest BCUT2D eigenvalue weighted by Crippen LogP contribution is -2.46. The van der Waals surface area contributed by atoms with E-state index in [9.17, 15) is 0 Å². The van der Waals surface area contributed by atoms with E-state index < -0.39 is 0 Å². The lowest BCUT2D eigenvalue weighted by Gasteiger charge is -2.35. The van der Waals surface area contributed by atoms with Crippen LogP contribution in [0.25, 0.3) is 0 Å². The number of hydrogen-bond donors (Lipinski definition) is 3. The molecule has 2 atom stereocenters. The normalized spacial score (nSPS) is 23.2. The summed E-state index contributed by atoms with van der Waals surface area (Å²) in [7, 11) is 0. The molecule has 6 N–H and O–H groups in total. The second-order valence-electron chi connectivity index (χ2n) is 6.50. The summed E-state index contributed by atoms with van der Waals surface area (Å²) in [4.78, 5) is 10.6. The zero-order valence-corrected chi connectivity index (χ0v) is 14.1. The minimum Gasteiger partial charge on any atom is -0.369 e. The van der Waals surface area contributed by atoms with Crippen LogP contribution in [0.15, 0.2) is 34.3 Å². The molecular formula is C17H28N6. The number of likely N-dealkylation sites (tertiary alicyclic amines) is 1. The molecule has 2 unspecified atom stereocenters. The second-order valence-corrected chi connectivity index (χ2v) is 6.50. The number of nitrogens with zero attached hydrogens (tertiary/aromatic N) is 3. The van der Waals surface area contributed by atoms with Gasteiger partial charge in [-0.15, -0.1) is 0 Å². The molecule has 1 aromatic rings. The van der Waals surface area contributed by atoms with E-state index in [0.717, 1.165) is 25.2 Å². The largest absolute Gasteiger partial charge is 0.369 e. The van der Waals surface area contributed by atoms with E-state index in [2.05, 4.69) is 28.7 Å². The van der Waals surface area contributed by atoms with Crippen LogP contribution in [0, 0.1) is 11.8 Å². The summed E-state index contributed by atoms with van der Waals surface area (Å²) in [6.07, 6.45) is 2.08. The molecule has 0 saturated carbocycles. The fraction of sp³-hybridized carbons (Fsp3) is 0.529. The fourth-order valence-corrected chi connectivity index (χ4v) is 3.10. The Morgan fingerprint density at radius 3 is 2.30 bits per heavy atom. The monoisotopic (exact) mass is 316 g/mol. The fourth-order valence-electron chi connectivity index (χ4n) is 3.10. The standard InChI is InChI=1S/C17H28N6/c1-12-9-13(2)11-23(10-12)17(20)22-16(19)21-15-5-3-14(4-6-15)7-8-18/h3-6,12-13H,7-11,18H2,1-2H3,(H4,19,20,21,22). The highest BCUT2D eigenvalue weighted by Gasteiger charge is 2.23. The van der Waals surface area contributed by atoms with E-state index in [1.54, 1.807) is 0 Å². The molecule has 0 amide bonds. The second kappa shape index (κ2) is 7.97. The van der Waals surface area contributed by atoms with Gasteiger partial charge in [-0.3, -0.25) is 0 Å². The Hall–Kier alpha value is -2.08. The lowest BCUT2D eigenvalue weighted by molar-refractivity contribution is 0.212. The van der Waals surface area contributed by atoms with Crippen LogP contribution in [0.4, 0.5) is 5.69 Å². The zero-order chi connectivity index (χ0) is 16.8. The van der Waals surface area contributed by atoms with Crippen molar-refractivity contribution in [1.29, 1.82) is 0 Å². The molecule has 1 aliphatic heterocycles. The highest BCUT2D eigenvalue weighted by Crippen LogP contribution is 2.20. The lowest BCUT2D eigenvalue weighted by atomic mass is 9.92. The predicted octanol–water partition coefficient (Wildman–Crippen LogP) is 1.43. The average molecular weight is 316 g/mol. The summed E-state index contributed by atoms with van der Waals surface area (Å²) in [6.45, 7) is 6.94. The Morgan fingerprint density at radius 1 is 1.13 bits per heavy atom. The van der Waals surface area contributed by atoms with E-state index in [1.165, 1.54) is 12.0 Å². The summed E-state index contributed by atoms with van der Waals surface area (Å²) in [5.74, 6) is 1.85. The maximum absolute atomic E-state index is 6.09. The number of guanidine groups is 2. The van der Waals surface area contributed by atoms with Crippen LogP contribution < -0.4 is 17.2 Å². The number of piperidine rings is 1. The molecule has 6 nitrogen and oxygen atoms in total. The van der Waals surface area contributed by atoms with Gasteiger partial charge in [-0.05, 0) is 48.9 Å². The van der Waals surface area contributed by atoms with Crippen LogP contribution in [0.2, 0.25) is 0 Å². The van der Waals surface area contributed by atoms with Gasteiger partial charge in [-0.2, -0.15) is 4.99 Å². The molecule has 1 aliphatic rings. The Bertz CT molecular complexity index is 553. The molecule has 6 heteroatoms. The van der Waals surface area contributed by atoms with Gasteiger partial charge in [0.1, 0.15) is 0 Å². The van der Waals surface area contributed by atoms with Gasteiger partial charge < -0.3 is 22.1 Å². The smallest absolute Gasteiger partial charge is 0.223 e. The van der Waals surface area contributed by atoms with Crippen molar-refractivity contribution in [3.63, 3.8) is 0 Å². The molecule has 0 aliphatic carbocycles. The summed E-state index contributed by atoms with van der Waals surface area (Å²) in [6, 6.07) is 7.82. The highest BCUT2D eigenvalue weighted by atomic mass is 15.3. The maximum Gasteiger partial charge on any atom is 0.223 e. The molecule has 2 rings (SSSR count). The molecule has 23 heavy (non-hydrogen) atoms. The zero-order valence-electron chi connectivity index (χ0n) is 14.1. The van der Waals surface area contributed by atoms with Gasteiger partial charge in [0.05, 0.1) is 5.69 Å². The summed E-state index contributed by atoms with van der Waals surface area (Å²) >= 11 is 0. The molecule has 0 bridgehead atoms.